The average molecular weight is 307 g/mol. The zero-order chi connectivity index (χ0) is 14.9. The van der Waals surface area contributed by atoms with Crippen LogP contribution in [0.5, 0.6) is 0 Å². The van der Waals surface area contributed by atoms with Gasteiger partial charge in [-0.15, -0.1) is 0 Å². The van der Waals surface area contributed by atoms with Gasteiger partial charge in [-0.3, -0.25) is 9.69 Å². The lowest BCUT2D eigenvalue weighted by atomic mass is 9.89. The van der Waals surface area contributed by atoms with Crippen LogP contribution in [0.2, 0.25) is 0 Å². The second-order valence-electron chi connectivity index (χ2n) is 7.61. The number of morpholine rings is 1. The first kappa shape index (κ1) is 14.9. The molecule has 3 atom stereocenters. The number of carbonyl (C=O) groups is 1. The summed E-state index contributed by atoms with van der Waals surface area (Å²) in [5, 5.41) is 3.67. The van der Waals surface area contributed by atoms with E-state index in [-0.39, 0.29) is 0 Å². The van der Waals surface area contributed by atoms with Crippen molar-refractivity contribution >= 4 is 5.91 Å². The number of ether oxygens (including phenoxy) is 1. The summed E-state index contributed by atoms with van der Waals surface area (Å²) in [4.78, 5) is 17.3. The number of amides is 1. The van der Waals surface area contributed by atoms with Crippen LogP contribution in [0.1, 0.15) is 38.5 Å². The molecule has 4 rings (SSSR count). The van der Waals surface area contributed by atoms with Crippen LogP contribution in [0.25, 0.3) is 0 Å². The largest absolute Gasteiger partial charge is 0.379 e. The van der Waals surface area contributed by atoms with Gasteiger partial charge >= 0.3 is 0 Å². The second kappa shape index (κ2) is 6.46. The molecule has 0 radical (unpaired) electrons. The molecular formula is C17H29N3O2. The predicted octanol–water partition coefficient (Wildman–Crippen LogP) is 0.840. The van der Waals surface area contributed by atoms with E-state index in [1.165, 1.54) is 25.7 Å². The molecule has 4 fully saturated rings. The van der Waals surface area contributed by atoms with E-state index in [9.17, 15) is 4.79 Å². The van der Waals surface area contributed by atoms with Crippen LogP contribution in [0.4, 0.5) is 0 Å². The monoisotopic (exact) mass is 307 g/mol. The van der Waals surface area contributed by atoms with E-state index < -0.39 is 0 Å². The van der Waals surface area contributed by atoms with Crippen LogP contribution in [-0.2, 0) is 9.53 Å². The molecule has 0 aliphatic carbocycles. The van der Waals surface area contributed by atoms with Crippen molar-refractivity contribution in [1.82, 2.24) is 15.1 Å². The molecule has 1 amide bonds. The van der Waals surface area contributed by atoms with Gasteiger partial charge in [0.25, 0.3) is 0 Å². The molecule has 4 heterocycles. The van der Waals surface area contributed by atoms with Crippen molar-refractivity contribution < 1.29 is 9.53 Å². The summed E-state index contributed by atoms with van der Waals surface area (Å²) in [6, 6.07) is 1.95. The highest BCUT2D eigenvalue weighted by Gasteiger charge is 2.36. The lowest BCUT2D eigenvalue weighted by Gasteiger charge is -2.32. The Morgan fingerprint density at radius 3 is 2.50 bits per heavy atom. The van der Waals surface area contributed by atoms with Crippen molar-refractivity contribution in [3.8, 4) is 0 Å². The van der Waals surface area contributed by atoms with Crippen LogP contribution in [0.3, 0.4) is 0 Å². The molecule has 3 unspecified atom stereocenters. The predicted molar refractivity (Wildman–Crippen MR) is 84.7 cm³/mol. The van der Waals surface area contributed by atoms with Crippen molar-refractivity contribution in [1.29, 1.82) is 0 Å². The van der Waals surface area contributed by atoms with Crippen molar-refractivity contribution in [3.63, 3.8) is 0 Å². The lowest BCUT2D eigenvalue weighted by molar-refractivity contribution is -0.131. The van der Waals surface area contributed by atoms with E-state index in [0.717, 1.165) is 52.2 Å². The number of carbonyl (C=O) groups excluding carboxylic acids is 1. The van der Waals surface area contributed by atoms with Gasteiger partial charge in [0.05, 0.1) is 13.2 Å². The SMILES string of the molecule is O=C(CC1CC2CCC(C1)N2)N1CCC(N2CCOCC2)C1. The van der Waals surface area contributed by atoms with Gasteiger partial charge in [-0.05, 0) is 38.0 Å². The topological polar surface area (TPSA) is 44.8 Å². The molecular weight excluding hydrogens is 278 g/mol. The zero-order valence-corrected chi connectivity index (χ0v) is 13.5. The molecule has 5 heteroatoms. The van der Waals surface area contributed by atoms with Gasteiger partial charge < -0.3 is 15.0 Å². The number of fused-ring (bicyclic) bond motifs is 2. The molecule has 0 spiro atoms. The quantitative estimate of drug-likeness (QED) is 0.839. The van der Waals surface area contributed by atoms with Gasteiger partial charge in [-0.2, -0.15) is 0 Å². The molecule has 124 valence electrons. The Bertz CT molecular complexity index is 399. The van der Waals surface area contributed by atoms with Crippen molar-refractivity contribution in [2.75, 3.05) is 39.4 Å². The van der Waals surface area contributed by atoms with Crippen molar-refractivity contribution in [3.05, 3.63) is 0 Å². The summed E-state index contributed by atoms with van der Waals surface area (Å²) < 4.78 is 5.43. The Balaban J connectivity index is 1.26. The normalized spacial score (nSPS) is 39.4. The minimum absolute atomic E-state index is 0.405. The lowest BCUT2D eigenvalue weighted by Crippen LogP contribution is -2.45. The van der Waals surface area contributed by atoms with Gasteiger partial charge in [0, 0.05) is 50.7 Å². The van der Waals surface area contributed by atoms with Crippen molar-refractivity contribution in [2.24, 2.45) is 5.92 Å². The fourth-order valence-electron chi connectivity index (χ4n) is 4.93. The Morgan fingerprint density at radius 1 is 1.05 bits per heavy atom. The summed E-state index contributed by atoms with van der Waals surface area (Å²) in [6.45, 7) is 5.66. The first-order valence-electron chi connectivity index (χ1n) is 9.13. The minimum atomic E-state index is 0.405. The Hall–Kier alpha value is -0.650. The number of piperidine rings is 1. The van der Waals surface area contributed by atoms with Crippen LogP contribution in [-0.4, -0.2) is 73.2 Å². The van der Waals surface area contributed by atoms with E-state index >= 15 is 0 Å². The number of hydrogen-bond acceptors (Lipinski definition) is 4. The smallest absolute Gasteiger partial charge is 0.222 e. The molecule has 0 aromatic carbocycles. The maximum absolute atomic E-state index is 12.6. The summed E-state index contributed by atoms with van der Waals surface area (Å²) in [7, 11) is 0. The fraction of sp³-hybridized carbons (Fsp3) is 0.941. The van der Waals surface area contributed by atoms with Gasteiger partial charge in [-0.25, -0.2) is 0 Å². The minimum Gasteiger partial charge on any atom is -0.379 e. The molecule has 5 nitrogen and oxygen atoms in total. The maximum atomic E-state index is 12.6. The van der Waals surface area contributed by atoms with E-state index in [1.54, 1.807) is 0 Å². The Morgan fingerprint density at radius 2 is 1.77 bits per heavy atom. The van der Waals surface area contributed by atoms with E-state index in [1.807, 2.05) is 0 Å². The third-order valence-corrected chi connectivity index (χ3v) is 6.11. The van der Waals surface area contributed by atoms with Gasteiger partial charge in [0.2, 0.25) is 5.91 Å². The molecule has 0 saturated carbocycles. The molecule has 4 aliphatic rings. The first-order chi connectivity index (χ1) is 10.8. The Kier molecular flexibility index (Phi) is 4.38. The highest BCUT2D eigenvalue weighted by atomic mass is 16.5. The number of nitrogens with one attached hydrogen (secondary N) is 1. The van der Waals surface area contributed by atoms with Crippen LogP contribution >= 0.6 is 0 Å². The summed E-state index contributed by atoms with van der Waals surface area (Å²) >= 11 is 0. The van der Waals surface area contributed by atoms with E-state index in [0.29, 0.717) is 30.0 Å². The number of nitrogens with zero attached hydrogens (tertiary/aromatic N) is 2. The molecule has 1 N–H and O–H groups in total. The summed E-state index contributed by atoms with van der Waals surface area (Å²) in [6.07, 6.45) is 6.98. The number of hydrogen-bond donors (Lipinski definition) is 1. The second-order valence-corrected chi connectivity index (χ2v) is 7.61. The fourth-order valence-corrected chi connectivity index (χ4v) is 4.93. The highest BCUT2D eigenvalue weighted by Crippen LogP contribution is 2.33. The van der Waals surface area contributed by atoms with Gasteiger partial charge in [-0.1, -0.05) is 0 Å². The standard InChI is InChI=1S/C17H29N3O2/c21-17(11-13-9-14-1-2-15(10-13)18-14)20-4-3-16(12-20)19-5-7-22-8-6-19/h13-16,18H,1-12H2. The van der Waals surface area contributed by atoms with Gasteiger partial charge in [0.1, 0.15) is 0 Å². The molecule has 4 saturated heterocycles. The number of rotatable bonds is 3. The van der Waals surface area contributed by atoms with Crippen molar-refractivity contribution in [2.45, 2.75) is 56.7 Å². The van der Waals surface area contributed by atoms with E-state index in [4.69, 9.17) is 4.74 Å². The molecule has 4 aliphatic heterocycles. The molecule has 22 heavy (non-hydrogen) atoms. The molecule has 2 bridgehead atoms. The zero-order valence-electron chi connectivity index (χ0n) is 13.5. The highest BCUT2D eigenvalue weighted by molar-refractivity contribution is 5.76. The third kappa shape index (κ3) is 3.17. The number of likely N-dealkylation sites (tertiary alicyclic amines) is 1. The summed E-state index contributed by atoms with van der Waals surface area (Å²) in [5.74, 6) is 1.02. The molecule has 0 aromatic heterocycles. The Labute approximate surface area is 133 Å². The van der Waals surface area contributed by atoms with Crippen LogP contribution in [0, 0.1) is 5.92 Å². The van der Waals surface area contributed by atoms with Crippen LogP contribution in [0.15, 0.2) is 0 Å². The van der Waals surface area contributed by atoms with Crippen LogP contribution < -0.4 is 5.32 Å². The van der Waals surface area contributed by atoms with E-state index in [2.05, 4.69) is 15.1 Å². The third-order valence-electron chi connectivity index (χ3n) is 6.11. The maximum Gasteiger partial charge on any atom is 0.222 e. The van der Waals surface area contributed by atoms with Gasteiger partial charge in [0.15, 0.2) is 0 Å². The molecule has 0 aromatic rings. The summed E-state index contributed by atoms with van der Waals surface area (Å²) in [5.41, 5.74) is 0. The average Bonchev–Trinajstić information content (AvgIpc) is 3.15. The first-order valence-corrected chi connectivity index (χ1v) is 9.13.